The van der Waals surface area contributed by atoms with Crippen LogP contribution in [0.4, 0.5) is 4.79 Å². The van der Waals surface area contributed by atoms with Crippen LogP contribution in [0.2, 0.25) is 0 Å². The molecule has 1 aromatic heterocycles. The molecule has 2 N–H and O–H groups in total. The van der Waals surface area contributed by atoms with Gasteiger partial charge in [0.1, 0.15) is 0 Å². The second-order valence-corrected chi connectivity index (χ2v) is 2.14. The van der Waals surface area contributed by atoms with Gasteiger partial charge in [0.05, 0.1) is 0 Å². The first kappa shape index (κ1) is 7.71. The molecule has 0 bridgehead atoms. The standard InChI is InChI=1S/C6H10N4O/c1-3-7-6(11)10-4-8-5(2)9-10/h4H,3H2,1-2H3,(H,7,11)/p+1. The van der Waals surface area contributed by atoms with Crippen LogP contribution in [-0.4, -0.2) is 22.4 Å². The van der Waals surface area contributed by atoms with Gasteiger partial charge in [-0.15, -0.1) is 0 Å². The van der Waals surface area contributed by atoms with E-state index in [1.54, 1.807) is 6.92 Å². The van der Waals surface area contributed by atoms with Crippen LogP contribution in [0.1, 0.15) is 12.7 Å². The fourth-order valence-corrected chi connectivity index (χ4v) is 0.710. The Bertz CT molecular complexity index is 255. The van der Waals surface area contributed by atoms with E-state index in [1.165, 1.54) is 11.0 Å². The summed E-state index contributed by atoms with van der Waals surface area (Å²) < 4.78 is 1.23. The van der Waals surface area contributed by atoms with Gasteiger partial charge in [0.2, 0.25) is 6.33 Å². The van der Waals surface area contributed by atoms with Crippen molar-refractivity contribution < 1.29 is 9.78 Å². The lowest BCUT2D eigenvalue weighted by molar-refractivity contribution is -0.388. The molecular weight excluding hydrogens is 144 g/mol. The lowest BCUT2D eigenvalue weighted by Gasteiger charge is -1.91. The van der Waals surface area contributed by atoms with Gasteiger partial charge in [0.15, 0.2) is 0 Å². The normalized spacial score (nSPS) is 9.64. The van der Waals surface area contributed by atoms with Gasteiger partial charge >= 0.3 is 6.03 Å². The molecule has 1 aromatic rings. The number of carbonyl (C=O) groups is 1. The second-order valence-electron chi connectivity index (χ2n) is 2.14. The SMILES string of the molecule is CCNC(=O)n1c[nH+]c(C)n1. The van der Waals surface area contributed by atoms with Crippen molar-refractivity contribution in [2.75, 3.05) is 6.54 Å². The third kappa shape index (κ3) is 1.76. The predicted molar refractivity (Wildman–Crippen MR) is 38.0 cm³/mol. The van der Waals surface area contributed by atoms with Crippen molar-refractivity contribution in [1.29, 1.82) is 0 Å². The van der Waals surface area contributed by atoms with Crippen LogP contribution >= 0.6 is 0 Å². The zero-order chi connectivity index (χ0) is 8.27. The highest BCUT2D eigenvalue weighted by Crippen LogP contribution is 1.79. The Morgan fingerprint density at radius 3 is 3.09 bits per heavy atom. The molecular formula is C6H11N4O+. The molecule has 1 amide bonds. The zero-order valence-electron chi connectivity index (χ0n) is 6.59. The number of rotatable bonds is 1. The molecule has 1 heterocycles. The number of amides is 1. The summed E-state index contributed by atoms with van der Waals surface area (Å²) >= 11 is 0. The van der Waals surface area contributed by atoms with E-state index in [4.69, 9.17) is 0 Å². The number of hydrogen-bond donors (Lipinski definition) is 1. The van der Waals surface area contributed by atoms with Crippen molar-refractivity contribution in [3.8, 4) is 0 Å². The van der Waals surface area contributed by atoms with E-state index < -0.39 is 0 Å². The first-order valence-corrected chi connectivity index (χ1v) is 3.46. The highest BCUT2D eigenvalue weighted by Gasteiger charge is 2.11. The van der Waals surface area contributed by atoms with Gasteiger partial charge in [-0.3, -0.25) is 0 Å². The molecule has 0 spiro atoms. The number of aromatic amines is 1. The van der Waals surface area contributed by atoms with E-state index in [2.05, 4.69) is 15.4 Å². The molecule has 11 heavy (non-hydrogen) atoms. The van der Waals surface area contributed by atoms with Crippen molar-refractivity contribution >= 4 is 6.03 Å². The molecule has 0 radical (unpaired) electrons. The van der Waals surface area contributed by atoms with Crippen LogP contribution in [-0.2, 0) is 0 Å². The monoisotopic (exact) mass is 155 g/mol. The molecule has 0 aliphatic rings. The average Bonchev–Trinajstić information content (AvgIpc) is 2.36. The van der Waals surface area contributed by atoms with Gasteiger partial charge < -0.3 is 5.32 Å². The Morgan fingerprint density at radius 1 is 1.91 bits per heavy atom. The molecule has 5 nitrogen and oxygen atoms in total. The minimum absolute atomic E-state index is 0.211. The summed E-state index contributed by atoms with van der Waals surface area (Å²) in [6.07, 6.45) is 1.51. The number of carbonyl (C=O) groups excluding carboxylic acids is 1. The maximum Gasteiger partial charge on any atom is 0.415 e. The van der Waals surface area contributed by atoms with E-state index in [0.29, 0.717) is 6.54 Å². The molecule has 0 fully saturated rings. The first-order chi connectivity index (χ1) is 5.24. The molecule has 0 aliphatic carbocycles. The lowest BCUT2D eigenvalue weighted by Crippen LogP contribution is -2.28. The smallest absolute Gasteiger partial charge is 0.322 e. The number of H-pyrrole nitrogens is 1. The summed E-state index contributed by atoms with van der Waals surface area (Å²) in [5.74, 6) is 0.719. The topological polar surface area (TPSA) is 61.1 Å². The summed E-state index contributed by atoms with van der Waals surface area (Å²) in [5.41, 5.74) is 0. The highest BCUT2D eigenvalue weighted by atomic mass is 16.2. The third-order valence-electron chi connectivity index (χ3n) is 1.19. The number of aryl methyl sites for hydroxylation is 1. The quantitative estimate of drug-likeness (QED) is 0.599. The third-order valence-corrected chi connectivity index (χ3v) is 1.19. The average molecular weight is 155 g/mol. The minimum Gasteiger partial charge on any atom is -0.322 e. The van der Waals surface area contributed by atoms with Crippen LogP contribution in [0.15, 0.2) is 6.33 Å². The maximum absolute atomic E-state index is 11.0. The van der Waals surface area contributed by atoms with Crippen molar-refractivity contribution in [2.45, 2.75) is 13.8 Å². The van der Waals surface area contributed by atoms with Crippen molar-refractivity contribution in [2.24, 2.45) is 0 Å². The molecule has 60 valence electrons. The molecule has 0 saturated heterocycles. The summed E-state index contributed by atoms with van der Waals surface area (Å²) in [5, 5.41) is 6.49. The Kier molecular flexibility index (Phi) is 2.20. The molecule has 0 atom stereocenters. The largest absolute Gasteiger partial charge is 0.415 e. The van der Waals surface area contributed by atoms with Gasteiger partial charge in [-0.25, -0.2) is 9.78 Å². The second kappa shape index (κ2) is 3.14. The highest BCUT2D eigenvalue weighted by molar-refractivity contribution is 5.74. The zero-order valence-corrected chi connectivity index (χ0v) is 6.59. The van der Waals surface area contributed by atoms with Gasteiger partial charge in [-0.05, 0) is 11.6 Å². The van der Waals surface area contributed by atoms with Crippen LogP contribution in [0, 0.1) is 6.92 Å². The number of nitrogens with one attached hydrogen (secondary N) is 2. The molecule has 0 aliphatic heterocycles. The van der Waals surface area contributed by atoms with Crippen molar-refractivity contribution in [1.82, 2.24) is 15.1 Å². The van der Waals surface area contributed by atoms with E-state index in [9.17, 15) is 4.79 Å². The number of hydrogen-bond acceptors (Lipinski definition) is 2. The summed E-state index contributed by atoms with van der Waals surface area (Å²) in [7, 11) is 0. The van der Waals surface area contributed by atoms with Crippen molar-refractivity contribution in [3.05, 3.63) is 12.2 Å². The fourth-order valence-electron chi connectivity index (χ4n) is 0.710. The van der Waals surface area contributed by atoms with Crippen LogP contribution < -0.4 is 10.3 Å². The minimum atomic E-state index is -0.211. The van der Waals surface area contributed by atoms with Crippen LogP contribution in [0.5, 0.6) is 0 Å². The van der Waals surface area contributed by atoms with Gasteiger partial charge in [-0.1, -0.05) is 0 Å². The molecule has 5 heteroatoms. The predicted octanol–water partition coefficient (Wildman–Crippen LogP) is -0.417. The lowest BCUT2D eigenvalue weighted by atomic mass is 10.7. The van der Waals surface area contributed by atoms with Gasteiger partial charge in [-0.2, -0.15) is 0 Å². The van der Waals surface area contributed by atoms with Gasteiger partial charge in [0, 0.05) is 18.6 Å². The van der Waals surface area contributed by atoms with Crippen LogP contribution in [0.3, 0.4) is 0 Å². The Hall–Kier alpha value is -1.39. The molecule has 0 unspecified atom stereocenters. The Balaban J connectivity index is 2.69. The van der Waals surface area contributed by atoms with E-state index in [0.717, 1.165) is 5.82 Å². The van der Waals surface area contributed by atoms with E-state index in [1.807, 2.05) is 6.92 Å². The Labute approximate surface area is 64.4 Å². The summed E-state index contributed by atoms with van der Waals surface area (Å²) in [6.45, 7) is 4.26. The number of nitrogens with zero attached hydrogens (tertiary/aromatic N) is 2. The van der Waals surface area contributed by atoms with E-state index >= 15 is 0 Å². The van der Waals surface area contributed by atoms with E-state index in [-0.39, 0.29) is 6.03 Å². The van der Waals surface area contributed by atoms with Crippen molar-refractivity contribution in [3.63, 3.8) is 0 Å². The first-order valence-electron chi connectivity index (χ1n) is 3.46. The summed E-state index contributed by atoms with van der Waals surface area (Å²) in [4.78, 5) is 13.8. The number of aromatic nitrogens is 3. The fraction of sp³-hybridized carbons (Fsp3) is 0.500. The molecule has 0 aromatic carbocycles. The van der Waals surface area contributed by atoms with Crippen LogP contribution in [0.25, 0.3) is 0 Å². The van der Waals surface area contributed by atoms with Gasteiger partial charge in [0.25, 0.3) is 5.82 Å². The Morgan fingerprint density at radius 2 is 2.64 bits per heavy atom. The summed E-state index contributed by atoms with van der Waals surface area (Å²) in [6, 6.07) is -0.211. The maximum atomic E-state index is 11.0. The molecule has 1 rings (SSSR count). The molecule has 0 saturated carbocycles.